The van der Waals surface area contributed by atoms with Gasteiger partial charge < -0.3 is 9.64 Å². The molecule has 4 heteroatoms. The van der Waals surface area contributed by atoms with Crippen LogP contribution in [-0.4, -0.2) is 42.0 Å². The number of ketones is 1. The summed E-state index contributed by atoms with van der Waals surface area (Å²) in [4.78, 5) is 20.6. The van der Waals surface area contributed by atoms with Crippen LogP contribution < -0.4 is 0 Å². The Labute approximate surface area is 204 Å². The molecule has 1 aromatic carbocycles. The zero-order chi connectivity index (χ0) is 24.3. The highest BCUT2D eigenvalue weighted by molar-refractivity contribution is 6.10. The molecular weight excluding hydrogens is 420 g/mol. The molecule has 0 aliphatic heterocycles. The Hall–Kier alpha value is -2.72. The quantitative estimate of drug-likeness (QED) is 0.377. The number of aromatic nitrogens is 1. The zero-order valence-electron chi connectivity index (χ0n) is 21.4. The fraction of sp³-hybridized carbons (Fsp3) is 0.467. The van der Waals surface area contributed by atoms with Crippen molar-refractivity contribution in [3.63, 3.8) is 0 Å². The monoisotopic (exact) mass is 458 g/mol. The van der Waals surface area contributed by atoms with Gasteiger partial charge in [-0.15, -0.1) is 0 Å². The number of carbonyl (C=O) groups excluding carboxylic acids is 1. The number of fused-ring (bicyclic) bond motifs is 2. The first-order chi connectivity index (χ1) is 16.2. The summed E-state index contributed by atoms with van der Waals surface area (Å²) in [6, 6.07) is 10.4. The van der Waals surface area contributed by atoms with Crippen molar-refractivity contribution in [2.45, 2.75) is 71.3 Å². The van der Waals surface area contributed by atoms with Crippen LogP contribution >= 0.6 is 0 Å². The average Bonchev–Trinajstić information content (AvgIpc) is 2.78. The minimum absolute atomic E-state index is 0.0922. The lowest BCUT2D eigenvalue weighted by molar-refractivity contribution is -0.00387. The Morgan fingerprint density at radius 1 is 0.971 bits per heavy atom. The number of benzene rings is 1. The molecule has 2 aromatic rings. The molecule has 1 heterocycles. The zero-order valence-corrected chi connectivity index (χ0v) is 21.4. The number of nitrogens with zero attached hydrogens (tertiary/aromatic N) is 2. The summed E-state index contributed by atoms with van der Waals surface area (Å²) in [6.07, 6.45) is 10.9. The lowest BCUT2D eigenvalue weighted by Crippen LogP contribution is -2.24. The molecule has 0 bridgehead atoms. The van der Waals surface area contributed by atoms with Gasteiger partial charge in [0.1, 0.15) is 5.69 Å². The third kappa shape index (κ3) is 5.67. The van der Waals surface area contributed by atoms with Crippen molar-refractivity contribution in [3.05, 3.63) is 75.7 Å². The minimum Gasteiger partial charge on any atom is -0.383 e. The van der Waals surface area contributed by atoms with Gasteiger partial charge in [-0.2, -0.15) is 0 Å². The number of allylic oxidation sites excluding steroid dienone is 2. The lowest BCUT2D eigenvalue weighted by atomic mass is 9.79. The standard InChI is InChI=1S/C30H38N2O2/c1-30(2,3)34-18-10-15-24-25-14-9-13-22(19-21-11-7-6-8-12-21)27(25)31-28-26(24)17-16-23(29(28)33)20-32(4)5/h6-8,11-12,19-20H,9-10,13-18H2,1-5H3/b22-19-,23-20+. The number of carbonyl (C=O) groups is 1. The van der Waals surface area contributed by atoms with E-state index in [1.165, 1.54) is 27.8 Å². The third-order valence-electron chi connectivity index (χ3n) is 6.51. The van der Waals surface area contributed by atoms with Crippen LogP contribution in [0.4, 0.5) is 0 Å². The van der Waals surface area contributed by atoms with Crippen LogP contribution in [0.25, 0.3) is 11.6 Å². The van der Waals surface area contributed by atoms with Crippen molar-refractivity contribution in [2.75, 3.05) is 20.7 Å². The topological polar surface area (TPSA) is 42.4 Å². The Balaban J connectivity index is 1.77. The molecule has 4 rings (SSSR count). The van der Waals surface area contributed by atoms with Crippen molar-refractivity contribution in [1.29, 1.82) is 0 Å². The second-order valence-electron chi connectivity index (χ2n) is 10.7. The first-order valence-corrected chi connectivity index (χ1v) is 12.6. The van der Waals surface area contributed by atoms with Gasteiger partial charge in [0.15, 0.2) is 0 Å². The van der Waals surface area contributed by atoms with E-state index in [1.54, 1.807) is 0 Å². The van der Waals surface area contributed by atoms with E-state index in [9.17, 15) is 4.79 Å². The van der Waals surface area contributed by atoms with Crippen LogP contribution in [0.1, 0.15) is 84.9 Å². The van der Waals surface area contributed by atoms with Crippen LogP contribution in [0.5, 0.6) is 0 Å². The normalized spacial score (nSPS) is 18.2. The largest absolute Gasteiger partial charge is 0.383 e. The molecule has 2 aliphatic carbocycles. The maximum absolute atomic E-state index is 13.5. The molecule has 0 N–H and O–H groups in total. The number of ether oxygens (including phenoxy) is 1. The van der Waals surface area contributed by atoms with Crippen molar-refractivity contribution in [3.8, 4) is 0 Å². The summed E-state index contributed by atoms with van der Waals surface area (Å²) in [5.74, 6) is 0.0922. The maximum Gasteiger partial charge on any atom is 0.209 e. The number of hydrogen-bond donors (Lipinski definition) is 0. The predicted molar refractivity (Wildman–Crippen MR) is 140 cm³/mol. The van der Waals surface area contributed by atoms with Crippen LogP contribution in [0.3, 0.4) is 0 Å². The molecular formula is C30H38N2O2. The molecule has 180 valence electrons. The Morgan fingerprint density at radius 2 is 1.71 bits per heavy atom. The molecule has 2 aliphatic rings. The molecule has 0 saturated heterocycles. The van der Waals surface area contributed by atoms with Crippen molar-refractivity contribution < 1.29 is 9.53 Å². The highest BCUT2D eigenvalue weighted by atomic mass is 16.5. The minimum atomic E-state index is -0.134. The van der Waals surface area contributed by atoms with Gasteiger partial charge in [-0.25, -0.2) is 4.98 Å². The molecule has 34 heavy (non-hydrogen) atoms. The summed E-state index contributed by atoms with van der Waals surface area (Å²) in [5.41, 5.74) is 8.76. The van der Waals surface area contributed by atoms with Crippen molar-refractivity contribution >= 4 is 17.4 Å². The third-order valence-corrected chi connectivity index (χ3v) is 6.51. The van der Waals surface area contributed by atoms with Crippen molar-refractivity contribution in [1.82, 2.24) is 9.88 Å². The molecule has 0 saturated carbocycles. The van der Waals surface area contributed by atoms with Gasteiger partial charge in [0, 0.05) is 32.5 Å². The van der Waals surface area contributed by atoms with E-state index in [4.69, 9.17) is 9.72 Å². The fourth-order valence-electron chi connectivity index (χ4n) is 5.06. The van der Waals surface area contributed by atoms with E-state index >= 15 is 0 Å². The Morgan fingerprint density at radius 3 is 2.41 bits per heavy atom. The maximum atomic E-state index is 13.5. The van der Waals surface area contributed by atoms with E-state index in [-0.39, 0.29) is 11.4 Å². The van der Waals surface area contributed by atoms with Gasteiger partial charge >= 0.3 is 0 Å². The highest BCUT2D eigenvalue weighted by Crippen LogP contribution is 2.38. The lowest BCUT2D eigenvalue weighted by Gasteiger charge is -2.28. The van der Waals surface area contributed by atoms with Crippen LogP contribution in [0.2, 0.25) is 0 Å². The summed E-state index contributed by atoms with van der Waals surface area (Å²) >= 11 is 0. The first kappa shape index (κ1) is 24.4. The van der Waals surface area contributed by atoms with Gasteiger partial charge in [-0.05, 0) is 99.6 Å². The highest BCUT2D eigenvalue weighted by Gasteiger charge is 2.31. The van der Waals surface area contributed by atoms with Crippen LogP contribution in [-0.2, 0) is 24.0 Å². The van der Waals surface area contributed by atoms with E-state index in [0.717, 1.165) is 62.8 Å². The molecule has 0 fully saturated rings. The van der Waals surface area contributed by atoms with Crippen LogP contribution in [0, 0.1) is 0 Å². The average molecular weight is 459 g/mol. The van der Waals surface area contributed by atoms with Crippen LogP contribution in [0.15, 0.2) is 42.1 Å². The molecule has 0 amide bonds. The Kier molecular flexibility index (Phi) is 7.37. The van der Waals surface area contributed by atoms with E-state index < -0.39 is 0 Å². The first-order valence-electron chi connectivity index (χ1n) is 12.6. The molecule has 0 unspecified atom stereocenters. The van der Waals surface area contributed by atoms with E-state index in [2.05, 4.69) is 51.1 Å². The Bertz CT molecular complexity index is 1100. The SMILES string of the molecule is CN(C)/C=C1\CCc2c(nc3c(c2CCCOC(C)(C)C)CCC/C3=C/c2ccccc2)C1=O. The van der Waals surface area contributed by atoms with E-state index in [0.29, 0.717) is 5.69 Å². The van der Waals surface area contributed by atoms with Gasteiger partial charge in [0.25, 0.3) is 0 Å². The van der Waals surface area contributed by atoms with Gasteiger partial charge in [0.05, 0.1) is 11.3 Å². The van der Waals surface area contributed by atoms with E-state index in [1.807, 2.05) is 31.3 Å². The number of Topliss-reactive ketones (excluding diaryl/α,β-unsaturated/α-hetero) is 1. The summed E-state index contributed by atoms with van der Waals surface area (Å²) < 4.78 is 6.01. The molecule has 0 spiro atoms. The predicted octanol–water partition coefficient (Wildman–Crippen LogP) is 6.28. The van der Waals surface area contributed by atoms with Gasteiger partial charge in [-0.3, -0.25) is 4.79 Å². The summed E-state index contributed by atoms with van der Waals surface area (Å²) in [5, 5.41) is 0. The van der Waals surface area contributed by atoms with Gasteiger partial charge in [0.2, 0.25) is 5.78 Å². The number of hydrogen-bond acceptors (Lipinski definition) is 4. The molecule has 1 aromatic heterocycles. The second kappa shape index (κ2) is 10.3. The summed E-state index contributed by atoms with van der Waals surface area (Å²) in [6.45, 7) is 7.02. The molecule has 0 atom stereocenters. The number of rotatable bonds is 6. The summed E-state index contributed by atoms with van der Waals surface area (Å²) in [7, 11) is 3.94. The van der Waals surface area contributed by atoms with Gasteiger partial charge in [-0.1, -0.05) is 30.3 Å². The second-order valence-corrected chi connectivity index (χ2v) is 10.7. The molecule has 4 nitrogen and oxygen atoms in total. The smallest absolute Gasteiger partial charge is 0.209 e. The number of pyridine rings is 1. The molecule has 0 radical (unpaired) electrons. The van der Waals surface area contributed by atoms with Crippen molar-refractivity contribution in [2.24, 2.45) is 0 Å². The fourth-order valence-corrected chi connectivity index (χ4v) is 5.06.